The fourth-order valence-electron chi connectivity index (χ4n) is 3.54. The molecule has 1 unspecified atom stereocenters. The van der Waals surface area contributed by atoms with E-state index < -0.39 is 0 Å². The molecule has 2 aliphatic rings. The summed E-state index contributed by atoms with van der Waals surface area (Å²) in [5, 5.41) is 4.25. The molecule has 1 N–H and O–H groups in total. The minimum atomic E-state index is 0.472. The summed E-state index contributed by atoms with van der Waals surface area (Å²) < 4.78 is 5.79. The molecule has 4 nitrogen and oxygen atoms in total. The van der Waals surface area contributed by atoms with Crippen LogP contribution in [-0.2, 0) is 0 Å². The van der Waals surface area contributed by atoms with Crippen LogP contribution in [0.5, 0.6) is 5.75 Å². The Morgan fingerprint density at radius 2 is 1.83 bits per heavy atom. The highest BCUT2D eigenvalue weighted by Crippen LogP contribution is 2.26. The molecule has 2 heterocycles. The van der Waals surface area contributed by atoms with Crippen LogP contribution < -0.4 is 10.1 Å². The van der Waals surface area contributed by atoms with Crippen LogP contribution in [0.25, 0.3) is 0 Å². The Morgan fingerprint density at radius 3 is 2.48 bits per heavy atom. The van der Waals surface area contributed by atoms with Crippen LogP contribution in [0.15, 0.2) is 24.3 Å². The predicted octanol–water partition coefficient (Wildman–Crippen LogP) is 2.34. The Hall–Kier alpha value is -0.810. The van der Waals surface area contributed by atoms with E-state index in [2.05, 4.69) is 22.0 Å². The number of nitrogens with one attached hydrogen (secondary N) is 1. The molecule has 0 aliphatic carbocycles. The standard InChI is InChI=1S/C18H28ClN3O/c1-18(6-7-20-14-18)15-22-10-8-21(9-11-22)12-13-23-17-4-2-16(19)3-5-17/h2-5,20H,6-15H2,1H3. The largest absolute Gasteiger partial charge is 0.492 e. The van der Waals surface area contributed by atoms with E-state index in [1.807, 2.05) is 24.3 Å². The van der Waals surface area contributed by atoms with E-state index in [0.29, 0.717) is 5.41 Å². The maximum Gasteiger partial charge on any atom is 0.119 e. The van der Waals surface area contributed by atoms with Gasteiger partial charge in [-0.05, 0) is 42.6 Å². The van der Waals surface area contributed by atoms with Crippen LogP contribution in [0.2, 0.25) is 5.02 Å². The zero-order valence-electron chi connectivity index (χ0n) is 14.1. The molecule has 1 atom stereocenters. The van der Waals surface area contributed by atoms with Gasteiger partial charge in [0, 0.05) is 50.8 Å². The van der Waals surface area contributed by atoms with E-state index >= 15 is 0 Å². The van der Waals surface area contributed by atoms with Gasteiger partial charge in [-0.15, -0.1) is 0 Å². The van der Waals surface area contributed by atoms with Crippen molar-refractivity contribution in [3.8, 4) is 5.75 Å². The van der Waals surface area contributed by atoms with Gasteiger partial charge in [0.25, 0.3) is 0 Å². The molecule has 1 aromatic rings. The van der Waals surface area contributed by atoms with Gasteiger partial charge in [-0.2, -0.15) is 0 Å². The van der Waals surface area contributed by atoms with E-state index in [1.54, 1.807) is 0 Å². The predicted molar refractivity (Wildman–Crippen MR) is 95.4 cm³/mol. The fourth-order valence-corrected chi connectivity index (χ4v) is 3.66. The number of hydrogen-bond donors (Lipinski definition) is 1. The molecule has 5 heteroatoms. The Morgan fingerprint density at radius 1 is 1.13 bits per heavy atom. The maximum absolute atomic E-state index is 5.88. The Kier molecular flexibility index (Phi) is 5.81. The van der Waals surface area contributed by atoms with Crippen molar-refractivity contribution in [1.29, 1.82) is 0 Å². The van der Waals surface area contributed by atoms with Crippen LogP contribution >= 0.6 is 11.6 Å². The molecular formula is C18H28ClN3O. The number of ether oxygens (including phenoxy) is 1. The van der Waals surface area contributed by atoms with Crippen LogP contribution in [0.1, 0.15) is 13.3 Å². The molecule has 0 amide bonds. The highest BCUT2D eigenvalue weighted by Gasteiger charge is 2.31. The minimum absolute atomic E-state index is 0.472. The summed E-state index contributed by atoms with van der Waals surface area (Å²) in [6.07, 6.45) is 1.31. The van der Waals surface area contributed by atoms with Crippen molar-refractivity contribution in [1.82, 2.24) is 15.1 Å². The Balaban J connectivity index is 1.33. The normalized spacial score (nSPS) is 26.5. The van der Waals surface area contributed by atoms with Crippen molar-refractivity contribution in [3.63, 3.8) is 0 Å². The Bertz CT molecular complexity index is 480. The first-order valence-corrected chi connectivity index (χ1v) is 9.05. The third-order valence-electron chi connectivity index (χ3n) is 5.02. The number of hydrogen-bond acceptors (Lipinski definition) is 4. The van der Waals surface area contributed by atoms with Gasteiger partial charge in [0.15, 0.2) is 0 Å². The second kappa shape index (κ2) is 7.84. The molecule has 128 valence electrons. The van der Waals surface area contributed by atoms with Gasteiger partial charge in [0.2, 0.25) is 0 Å². The van der Waals surface area contributed by atoms with Crippen LogP contribution in [0, 0.1) is 5.41 Å². The summed E-state index contributed by atoms with van der Waals surface area (Å²) in [4.78, 5) is 5.13. The summed E-state index contributed by atoms with van der Waals surface area (Å²) in [7, 11) is 0. The lowest BCUT2D eigenvalue weighted by Crippen LogP contribution is -2.50. The maximum atomic E-state index is 5.88. The number of rotatable bonds is 6. The first-order valence-electron chi connectivity index (χ1n) is 8.67. The van der Waals surface area contributed by atoms with Gasteiger partial charge < -0.3 is 15.0 Å². The molecule has 0 aromatic heterocycles. The van der Waals surface area contributed by atoms with Crippen molar-refractivity contribution in [2.75, 3.05) is 59.0 Å². The average Bonchev–Trinajstić information content (AvgIpc) is 2.97. The van der Waals surface area contributed by atoms with Crippen molar-refractivity contribution < 1.29 is 4.74 Å². The van der Waals surface area contributed by atoms with Crippen molar-refractivity contribution in [2.45, 2.75) is 13.3 Å². The van der Waals surface area contributed by atoms with Crippen LogP contribution in [-0.4, -0.2) is 68.8 Å². The van der Waals surface area contributed by atoms with Crippen LogP contribution in [0.3, 0.4) is 0 Å². The lowest BCUT2D eigenvalue weighted by molar-refractivity contribution is 0.0882. The fraction of sp³-hybridized carbons (Fsp3) is 0.667. The van der Waals surface area contributed by atoms with E-state index in [-0.39, 0.29) is 0 Å². The van der Waals surface area contributed by atoms with E-state index in [0.717, 1.165) is 37.0 Å². The van der Waals surface area contributed by atoms with Crippen molar-refractivity contribution in [3.05, 3.63) is 29.3 Å². The summed E-state index contributed by atoms with van der Waals surface area (Å²) >= 11 is 5.88. The lowest BCUT2D eigenvalue weighted by Gasteiger charge is -2.38. The summed E-state index contributed by atoms with van der Waals surface area (Å²) in [6.45, 7) is 12.4. The van der Waals surface area contributed by atoms with E-state index in [1.165, 1.54) is 39.1 Å². The number of piperazine rings is 1. The van der Waals surface area contributed by atoms with Crippen molar-refractivity contribution >= 4 is 11.6 Å². The minimum Gasteiger partial charge on any atom is -0.492 e. The van der Waals surface area contributed by atoms with Gasteiger partial charge in [0.05, 0.1) is 0 Å². The zero-order chi connectivity index (χ0) is 16.1. The number of nitrogens with zero attached hydrogens (tertiary/aromatic N) is 2. The second-order valence-electron chi connectivity index (χ2n) is 7.16. The SMILES string of the molecule is CC1(CN2CCN(CCOc3ccc(Cl)cc3)CC2)CCNC1. The lowest BCUT2D eigenvalue weighted by atomic mass is 9.89. The average molecular weight is 338 g/mol. The molecule has 0 spiro atoms. The van der Waals surface area contributed by atoms with E-state index in [4.69, 9.17) is 16.3 Å². The number of benzene rings is 1. The van der Waals surface area contributed by atoms with Gasteiger partial charge >= 0.3 is 0 Å². The molecule has 1 aromatic carbocycles. The molecular weight excluding hydrogens is 310 g/mol. The van der Waals surface area contributed by atoms with E-state index in [9.17, 15) is 0 Å². The molecule has 3 rings (SSSR count). The molecule has 23 heavy (non-hydrogen) atoms. The molecule has 0 bridgehead atoms. The summed E-state index contributed by atoms with van der Waals surface area (Å²) in [6, 6.07) is 7.59. The zero-order valence-corrected chi connectivity index (χ0v) is 14.8. The van der Waals surface area contributed by atoms with Crippen LogP contribution in [0.4, 0.5) is 0 Å². The van der Waals surface area contributed by atoms with Gasteiger partial charge in [-0.25, -0.2) is 0 Å². The topological polar surface area (TPSA) is 27.7 Å². The first-order chi connectivity index (χ1) is 11.1. The van der Waals surface area contributed by atoms with Gasteiger partial charge in [-0.1, -0.05) is 18.5 Å². The summed E-state index contributed by atoms with van der Waals surface area (Å²) in [5.41, 5.74) is 0.472. The smallest absolute Gasteiger partial charge is 0.119 e. The summed E-state index contributed by atoms with van der Waals surface area (Å²) in [5.74, 6) is 0.898. The quantitative estimate of drug-likeness (QED) is 0.862. The second-order valence-corrected chi connectivity index (χ2v) is 7.59. The number of halogens is 1. The monoisotopic (exact) mass is 337 g/mol. The third kappa shape index (κ3) is 5.08. The molecule has 0 saturated carbocycles. The molecule has 0 radical (unpaired) electrons. The molecule has 2 aliphatic heterocycles. The van der Waals surface area contributed by atoms with Gasteiger partial charge in [0.1, 0.15) is 12.4 Å². The molecule has 2 saturated heterocycles. The first kappa shape index (κ1) is 17.0. The highest BCUT2D eigenvalue weighted by atomic mass is 35.5. The van der Waals surface area contributed by atoms with Crippen molar-refractivity contribution in [2.24, 2.45) is 5.41 Å². The highest BCUT2D eigenvalue weighted by molar-refractivity contribution is 6.30. The molecule has 2 fully saturated rings. The van der Waals surface area contributed by atoms with Gasteiger partial charge in [-0.3, -0.25) is 4.90 Å². The Labute approximate surface area is 144 Å². The third-order valence-corrected chi connectivity index (χ3v) is 5.27.